The lowest BCUT2D eigenvalue weighted by Crippen LogP contribution is -2.49. The second-order valence-electron chi connectivity index (χ2n) is 8.10. The molecule has 2 aliphatic carbocycles. The Morgan fingerprint density at radius 2 is 1.96 bits per heavy atom. The van der Waals surface area contributed by atoms with E-state index in [2.05, 4.69) is 14.9 Å². The lowest BCUT2D eigenvalue weighted by Gasteiger charge is -2.35. The largest absolute Gasteiger partial charge is 0.340 e. The molecule has 2 heterocycles. The van der Waals surface area contributed by atoms with Crippen molar-refractivity contribution in [2.45, 2.75) is 32.2 Å². The quantitative estimate of drug-likeness (QED) is 0.914. The predicted molar refractivity (Wildman–Crippen MR) is 98.6 cm³/mol. The fraction of sp³-hybridized carbons (Fsp3) is 0.550. The van der Waals surface area contributed by atoms with E-state index in [0.717, 1.165) is 38.1 Å². The van der Waals surface area contributed by atoms with Crippen molar-refractivity contribution in [2.24, 2.45) is 11.3 Å². The van der Waals surface area contributed by atoms with Crippen molar-refractivity contribution < 1.29 is 4.79 Å². The smallest absolute Gasteiger partial charge is 0.258 e. The molecule has 2 aromatic rings. The fourth-order valence-corrected chi connectivity index (χ4v) is 4.65. The van der Waals surface area contributed by atoms with Crippen molar-refractivity contribution in [2.75, 3.05) is 26.2 Å². The number of amides is 1. The van der Waals surface area contributed by atoms with Crippen LogP contribution in [0.3, 0.4) is 0 Å². The van der Waals surface area contributed by atoms with E-state index >= 15 is 0 Å². The Bertz CT molecular complexity index is 909. The number of rotatable bonds is 3. The Kier molecular flexibility index (Phi) is 3.64. The van der Waals surface area contributed by atoms with E-state index in [0.29, 0.717) is 35.0 Å². The molecule has 3 fully saturated rings. The molecular weight excluding hydrogens is 328 g/mol. The second kappa shape index (κ2) is 5.91. The molecule has 1 N–H and O–H groups in total. The van der Waals surface area contributed by atoms with Crippen LogP contribution in [0.1, 0.15) is 31.5 Å². The molecule has 6 heteroatoms. The third-order valence-corrected chi connectivity index (χ3v) is 6.56. The Balaban J connectivity index is 1.21. The summed E-state index contributed by atoms with van der Waals surface area (Å²) in [7, 11) is 0. The van der Waals surface area contributed by atoms with Gasteiger partial charge >= 0.3 is 0 Å². The molecule has 136 valence electrons. The first-order valence-electron chi connectivity index (χ1n) is 9.64. The predicted octanol–water partition coefficient (Wildman–Crippen LogP) is 1.76. The van der Waals surface area contributed by atoms with E-state index in [4.69, 9.17) is 0 Å². The van der Waals surface area contributed by atoms with E-state index in [-0.39, 0.29) is 5.56 Å². The molecule has 2 saturated carbocycles. The van der Waals surface area contributed by atoms with E-state index in [1.807, 2.05) is 23.1 Å². The lowest BCUT2D eigenvalue weighted by atomic mass is 9.79. The highest BCUT2D eigenvalue weighted by atomic mass is 16.2. The first kappa shape index (κ1) is 16.0. The number of H-pyrrole nitrogens is 1. The summed E-state index contributed by atoms with van der Waals surface area (Å²) in [6.45, 7) is 3.85. The summed E-state index contributed by atoms with van der Waals surface area (Å²) in [6.07, 6.45) is 4.93. The number of piperazine rings is 1. The number of carbonyl (C=O) groups excluding carboxylic acids is 1. The van der Waals surface area contributed by atoms with Crippen molar-refractivity contribution in [1.29, 1.82) is 0 Å². The van der Waals surface area contributed by atoms with Gasteiger partial charge in [-0.25, -0.2) is 4.98 Å². The summed E-state index contributed by atoms with van der Waals surface area (Å²) in [5.41, 5.74) is 1.06. The molecule has 1 aromatic carbocycles. The maximum absolute atomic E-state index is 12.7. The van der Waals surface area contributed by atoms with Crippen LogP contribution in [0.2, 0.25) is 0 Å². The molecule has 0 unspecified atom stereocenters. The molecule has 1 atom stereocenters. The fourth-order valence-electron chi connectivity index (χ4n) is 4.65. The molecule has 5 rings (SSSR count). The van der Waals surface area contributed by atoms with Crippen molar-refractivity contribution >= 4 is 16.8 Å². The van der Waals surface area contributed by atoms with Gasteiger partial charge in [0.15, 0.2) is 0 Å². The van der Waals surface area contributed by atoms with Gasteiger partial charge in [-0.05, 0) is 36.8 Å². The SMILES string of the molecule is O=C([C@H]1CC12CCC2)N1CCN(Cc2nc3ccccc3c(=O)[nH]2)CC1. The zero-order chi connectivity index (χ0) is 17.7. The number of aromatic nitrogens is 2. The summed E-state index contributed by atoms with van der Waals surface area (Å²) in [5.74, 6) is 1.38. The van der Waals surface area contributed by atoms with Crippen molar-refractivity contribution in [3.05, 3.63) is 40.4 Å². The Labute approximate surface area is 152 Å². The number of hydrogen-bond donors (Lipinski definition) is 1. The minimum atomic E-state index is -0.0843. The molecule has 6 nitrogen and oxygen atoms in total. The monoisotopic (exact) mass is 352 g/mol. The highest BCUT2D eigenvalue weighted by Crippen LogP contribution is 2.65. The van der Waals surface area contributed by atoms with Gasteiger partial charge in [-0.2, -0.15) is 0 Å². The van der Waals surface area contributed by atoms with Crippen LogP contribution in [0, 0.1) is 11.3 Å². The van der Waals surface area contributed by atoms with Crippen molar-refractivity contribution in [3.8, 4) is 0 Å². The van der Waals surface area contributed by atoms with Gasteiger partial charge in [-0.3, -0.25) is 14.5 Å². The number of aromatic amines is 1. The Morgan fingerprint density at radius 3 is 2.65 bits per heavy atom. The molecule has 0 radical (unpaired) electrons. The van der Waals surface area contributed by atoms with Crippen LogP contribution in [0.4, 0.5) is 0 Å². The number of hydrogen-bond acceptors (Lipinski definition) is 4. The first-order valence-corrected chi connectivity index (χ1v) is 9.64. The summed E-state index contributed by atoms with van der Waals surface area (Å²) < 4.78 is 0. The molecule has 1 aromatic heterocycles. The summed E-state index contributed by atoms with van der Waals surface area (Å²) in [4.78, 5) is 36.7. The van der Waals surface area contributed by atoms with E-state index in [9.17, 15) is 9.59 Å². The van der Waals surface area contributed by atoms with Crippen LogP contribution < -0.4 is 5.56 Å². The van der Waals surface area contributed by atoms with Crippen LogP contribution in [0.5, 0.6) is 0 Å². The van der Waals surface area contributed by atoms with E-state index < -0.39 is 0 Å². The van der Waals surface area contributed by atoms with Gasteiger partial charge < -0.3 is 9.88 Å². The van der Waals surface area contributed by atoms with Gasteiger partial charge in [0.05, 0.1) is 17.4 Å². The van der Waals surface area contributed by atoms with E-state index in [1.54, 1.807) is 6.07 Å². The zero-order valence-corrected chi connectivity index (χ0v) is 14.9. The molecule has 1 amide bonds. The van der Waals surface area contributed by atoms with Gasteiger partial charge in [-0.1, -0.05) is 18.6 Å². The number of nitrogens with zero attached hydrogens (tertiary/aromatic N) is 3. The third-order valence-electron chi connectivity index (χ3n) is 6.56. The first-order chi connectivity index (χ1) is 12.6. The Morgan fingerprint density at radius 1 is 1.19 bits per heavy atom. The van der Waals surface area contributed by atoms with Gasteiger partial charge in [0, 0.05) is 32.1 Å². The van der Waals surface area contributed by atoms with Gasteiger partial charge in [-0.15, -0.1) is 0 Å². The van der Waals surface area contributed by atoms with E-state index in [1.165, 1.54) is 19.3 Å². The third kappa shape index (κ3) is 2.63. The molecule has 0 bridgehead atoms. The molecule has 1 saturated heterocycles. The summed E-state index contributed by atoms with van der Waals surface area (Å²) in [5, 5.41) is 0.626. The van der Waals surface area contributed by atoms with Crippen LogP contribution in [0.15, 0.2) is 29.1 Å². The summed E-state index contributed by atoms with van der Waals surface area (Å²) in [6, 6.07) is 7.41. The minimum Gasteiger partial charge on any atom is -0.340 e. The normalized spacial score (nSPS) is 24.6. The topological polar surface area (TPSA) is 69.3 Å². The molecule has 1 aliphatic heterocycles. The molecular formula is C20H24N4O2. The molecule has 1 spiro atoms. The minimum absolute atomic E-state index is 0.0843. The average molecular weight is 352 g/mol. The van der Waals surface area contributed by atoms with Gasteiger partial charge in [0.25, 0.3) is 5.56 Å². The second-order valence-corrected chi connectivity index (χ2v) is 8.10. The highest BCUT2D eigenvalue weighted by molar-refractivity contribution is 5.83. The van der Waals surface area contributed by atoms with Crippen molar-refractivity contribution in [1.82, 2.24) is 19.8 Å². The zero-order valence-electron chi connectivity index (χ0n) is 14.9. The summed E-state index contributed by atoms with van der Waals surface area (Å²) >= 11 is 0. The molecule has 26 heavy (non-hydrogen) atoms. The lowest BCUT2D eigenvalue weighted by molar-refractivity contribution is -0.135. The maximum Gasteiger partial charge on any atom is 0.258 e. The number of fused-ring (bicyclic) bond motifs is 1. The standard InChI is InChI=1S/C20H24N4O2/c25-18-14-4-1-2-5-16(14)21-17(22-18)13-23-8-10-24(11-9-23)19(26)15-12-20(15)6-3-7-20/h1-2,4-5,15H,3,6-13H2,(H,21,22,25)/t15-/m1/s1. The Hall–Kier alpha value is -2.21. The van der Waals surface area contributed by atoms with Crippen LogP contribution >= 0.6 is 0 Å². The van der Waals surface area contributed by atoms with Gasteiger partial charge in [0.1, 0.15) is 5.82 Å². The highest BCUT2D eigenvalue weighted by Gasteiger charge is 2.61. The number of carbonyl (C=O) groups is 1. The van der Waals surface area contributed by atoms with Crippen LogP contribution in [-0.4, -0.2) is 51.9 Å². The maximum atomic E-state index is 12.7. The number of nitrogens with one attached hydrogen (secondary N) is 1. The van der Waals surface area contributed by atoms with Gasteiger partial charge in [0.2, 0.25) is 5.91 Å². The molecule has 3 aliphatic rings. The number of benzene rings is 1. The average Bonchev–Trinajstić information content (AvgIpc) is 3.38. The van der Waals surface area contributed by atoms with Crippen molar-refractivity contribution in [3.63, 3.8) is 0 Å². The van der Waals surface area contributed by atoms with Crippen LogP contribution in [-0.2, 0) is 11.3 Å². The number of para-hydroxylation sites is 1. The van der Waals surface area contributed by atoms with Crippen LogP contribution in [0.25, 0.3) is 10.9 Å².